The Hall–Kier alpha value is -2.74. The summed E-state index contributed by atoms with van der Waals surface area (Å²) >= 11 is 11.7. The van der Waals surface area contributed by atoms with E-state index in [0.29, 0.717) is 27.2 Å². The molecule has 0 fully saturated rings. The van der Waals surface area contributed by atoms with Crippen LogP contribution in [0.2, 0.25) is 10.0 Å². The van der Waals surface area contributed by atoms with E-state index in [2.05, 4.69) is 10.0 Å². The van der Waals surface area contributed by atoms with E-state index in [4.69, 9.17) is 27.9 Å². The van der Waals surface area contributed by atoms with Gasteiger partial charge in [-0.05, 0) is 73.7 Å². The Morgan fingerprint density at radius 1 is 0.900 bits per heavy atom. The van der Waals surface area contributed by atoms with E-state index in [0.717, 1.165) is 0 Å². The summed E-state index contributed by atoms with van der Waals surface area (Å²) in [7, 11) is -3.78. The molecule has 9 heteroatoms. The lowest BCUT2D eigenvalue weighted by Crippen LogP contribution is -2.30. The number of hydrogen-bond donors (Lipinski definition) is 2. The maximum Gasteiger partial charge on any atom is 0.265 e. The van der Waals surface area contributed by atoms with Crippen LogP contribution >= 0.6 is 23.2 Å². The molecule has 156 valence electrons. The average molecular weight is 465 g/mol. The molecule has 0 saturated heterocycles. The number of rotatable bonds is 7. The van der Waals surface area contributed by atoms with Crippen molar-refractivity contribution in [2.24, 2.45) is 0 Å². The molecule has 0 bridgehead atoms. The van der Waals surface area contributed by atoms with Crippen molar-refractivity contribution >= 4 is 50.5 Å². The molecule has 0 heterocycles. The highest BCUT2D eigenvalue weighted by atomic mass is 35.5. The summed E-state index contributed by atoms with van der Waals surface area (Å²) in [5.41, 5.74) is 0.829. The molecule has 30 heavy (non-hydrogen) atoms. The number of amides is 1. The number of ether oxygens (including phenoxy) is 1. The van der Waals surface area contributed by atoms with Gasteiger partial charge in [-0.1, -0.05) is 29.3 Å². The summed E-state index contributed by atoms with van der Waals surface area (Å²) in [6.07, 6.45) is -0.779. The molecule has 0 aliphatic heterocycles. The summed E-state index contributed by atoms with van der Waals surface area (Å²) in [5.74, 6) is 0.0877. The molecule has 1 atom stereocenters. The number of sulfonamides is 1. The van der Waals surface area contributed by atoms with Gasteiger partial charge in [-0.2, -0.15) is 0 Å². The third-order valence-corrected chi connectivity index (χ3v) is 5.89. The first kappa shape index (κ1) is 22.0. The van der Waals surface area contributed by atoms with Gasteiger partial charge in [0.25, 0.3) is 15.9 Å². The van der Waals surface area contributed by atoms with Gasteiger partial charge >= 0.3 is 0 Å². The van der Waals surface area contributed by atoms with E-state index in [1.54, 1.807) is 55.5 Å². The molecule has 0 aromatic heterocycles. The van der Waals surface area contributed by atoms with Crippen molar-refractivity contribution in [2.75, 3.05) is 10.0 Å². The first-order chi connectivity index (χ1) is 14.2. The second-order valence-corrected chi connectivity index (χ2v) is 8.90. The molecule has 0 aliphatic rings. The van der Waals surface area contributed by atoms with Crippen LogP contribution in [0, 0.1) is 0 Å². The minimum atomic E-state index is -3.78. The molecule has 0 saturated carbocycles. The summed E-state index contributed by atoms with van der Waals surface area (Å²) in [6, 6.07) is 18.8. The van der Waals surface area contributed by atoms with Crippen LogP contribution in [0.1, 0.15) is 6.92 Å². The lowest BCUT2D eigenvalue weighted by Gasteiger charge is -2.15. The van der Waals surface area contributed by atoms with Crippen LogP contribution < -0.4 is 14.8 Å². The van der Waals surface area contributed by atoms with Gasteiger partial charge in [0, 0.05) is 21.4 Å². The van der Waals surface area contributed by atoms with Crippen molar-refractivity contribution < 1.29 is 17.9 Å². The van der Waals surface area contributed by atoms with Gasteiger partial charge in [0.05, 0.1) is 4.90 Å². The van der Waals surface area contributed by atoms with Gasteiger partial charge in [0.2, 0.25) is 0 Å². The summed E-state index contributed by atoms with van der Waals surface area (Å²) in [6.45, 7) is 1.60. The second-order valence-electron chi connectivity index (χ2n) is 6.34. The molecule has 3 aromatic rings. The van der Waals surface area contributed by atoms with Crippen LogP contribution in [0.25, 0.3) is 0 Å². The van der Waals surface area contributed by atoms with Crippen LogP contribution in [0.5, 0.6) is 5.75 Å². The summed E-state index contributed by atoms with van der Waals surface area (Å²) in [4.78, 5) is 12.4. The van der Waals surface area contributed by atoms with Crippen LogP contribution in [-0.2, 0) is 14.8 Å². The fourth-order valence-corrected chi connectivity index (χ4v) is 3.86. The molecule has 6 nitrogen and oxygen atoms in total. The van der Waals surface area contributed by atoms with Crippen molar-refractivity contribution in [1.29, 1.82) is 0 Å². The average Bonchev–Trinajstić information content (AvgIpc) is 2.70. The van der Waals surface area contributed by atoms with Crippen molar-refractivity contribution in [1.82, 2.24) is 0 Å². The molecule has 0 spiro atoms. The summed E-state index contributed by atoms with van der Waals surface area (Å²) < 4.78 is 33.0. The van der Waals surface area contributed by atoms with Crippen LogP contribution in [0.4, 0.5) is 11.4 Å². The lowest BCUT2D eigenvalue weighted by molar-refractivity contribution is -0.122. The second kappa shape index (κ2) is 9.38. The van der Waals surface area contributed by atoms with Crippen molar-refractivity contribution in [3.63, 3.8) is 0 Å². The molecular weight excluding hydrogens is 447 g/mol. The van der Waals surface area contributed by atoms with Crippen LogP contribution in [0.15, 0.2) is 77.7 Å². The van der Waals surface area contributed by atoms with Gasteiger partial charge in [0.15, 0.2) is 6.10 Å². The third kappa shape index (κ3) is 5.89. The predicted octanol–water partition coefficient (Wildman–Crippen LogP) is 5.20. The topological polar surface area (TPSA) is 84.5 Å². The normalized spacial score (nSPS) is 12.1. The van der Waals surface area contributed by atoms with Gasteiger partial charge in [0.1, 0.15) is 5.75 Å². The highest BCUT2D eigenvalue weighted by Gasteiger charge is 2.17. The van der Waals surface area contributed by atoms with E-state index >= 15 is 0 Å². The molecule has 3 aromatic carbocycles. The molecule has 1 amide bonds. The molecule has 0 aliphatic carbocycles. The molecule has 2 N–H and O–H groups in total. The molecule has 0 unspecified atom stereocenters. The quantitative estimate of drug-likeness (QED) is 0.503. The molecule has 3 rings (SSSR count). The minimum Gasteiger partial charge on any atom is -0.481 e. The SMILES string of the molecule is C[C@H](Oc1cccc(Cl)c1)C(=O)Nc1ccc(S(=O)(=O)Nc2ccc(Cl)cc2)cc1. The van der Waals surface area contributed by atoms with Crippen LogP contribution in [-0.4, -0.2) is 20.4 Å². The zero-order chi connectivity index (χ0) is 21.7. The first-order valence-electron chi connectivity index (χ1n) is 8.84. The highest BCUT2D eigenvalue weighted by Crippen LogP contribution is 2.21. The van der Waals surface area contributed by atoms with Crippen molar-refractivity contribution in [3.05, 3.63) is 82.8 Å². The van der Waals surface area contributed by atoms with E-state index in [1.807, 2.05) is 0 Å². The third-order valence-electron chi connectivity index (χ3n) is 4.01. The number of benzene rings is 3. The van der Waals surface area contributed by atoms with E-state index in [9.17, 15) is 13.2 Å². The Balaban J connectivity index is 1.63. The number of halogens is 2. The standard InChI is InChI=1S/C21H18Cl2N2O4S/c1-14(29-19-4-2-3-16(23)13-19)21(26)24-17-9-11-20(12-10-17)30(27,28)25-18-7-5-15(22)6-8-18/h2-14,25H,1H3,(H,24,26)/t14-/m0/s1. The number of nitrogens with one attached hydrogen (secondary N) is 2. The molecule has 0 radical (unpaired) electrons. The smallest absolute Gasteiger partial charge is 0.265 e. The van der Waals surface area contributed by atoms with Gasteiger partial charge in [-0.15, -0.1) is 0 Å². The Bertz CT molecular complexity index is 1130. The minimum absolute atomic E-state index is 0.0543. The van der Waals surface area contributed by atoms with Crippen molar-refractivity contribution in [3.8, 4) is 5.75 Å². The maximum atomic E-state index is 12.5. The predicted molar refractivity (Wildman–Crippen MR) is 119 cm³/mol. The Kier molecular flexibility index (Phi) is 6.87. The largest absolute Gasteiger partial charge is 0.481 e. The van der Waals surface area contributed by atoms with E-state index in [-0.39, 0.29) is 10.8 Å². The fourth-order valence-electron chi connectivity index (χ4n) is 2.49. The Labute approximate surface area is 184 Å². The highest BCUT2D eigenvalue weighted by molar-refractivity contribution is 7.92. The van der Waals surface area contributed by atoms with Gasteiger partial charge in [-0.25, -0.2) is 8.42 Å². The Morgan fingerprint density at radius 2 is 1.53 bits per heavy atom. The Morgan fingerprint density at radius 3 is 2.17 bits per heavy atom. The fraction of sp³-hybridized carbons (Fsp3) is 0.0952. The van der Waals surface area contributed by atoms with Crippen LogP contribution in [0.3, 0.4) is 0 Å². The van der Waals surface area contributed by atoms with Crippen molar-refractivity contribution in [2.45, 2.75) is 17.9 Å². The zero-order valence-corrected chi connectivity index (χ0v) is 18.1. The number of carbonyl (C=O) groups is 1. The van der Waals surface area contributed by atoms with E-state index in [1.165, 1.54) is 24.3 Å². The number of anilines is 2. The molecular formula is C21H18Cl2N2O4S. The van der Waals surface area contributed by atoms with Gasteiger partial charge < -0.3 is 10.1 Å². The lowest BCUT2D eigenvalue weighted by atomic mass is 10.3. The first-order valence-corrected chi connectivity index (χ1v) is 11.1. The zero-order valence-electron chi connectivity index (χ0n) is 15.8. The van der Waals surface area contributed by atoms with Gasteiger partial charge in [-0.3, -0.25) is 9.52 Å². The number of hydrogen-bond acceptors (Lipinski definition) is 4. The monoisotopic (exact) mass is 464 g/mol. The summed E-state index contributed by atoms with van der Waals surface area (Å²) in [5, 5.41) is 3.69. The van der Waals surface area contributed by atoms with E-state index < -0.39 is 16.1 Å². The maximum absolute atomic E-state index is 12.5. The number of carbonyl (C=O) groups excluding carboxylic acids is 1.